The van der Waals surface area contributed by atoms with E-state index in [2.05, 4.69) is 25.1 Å². The number of anilines is 2. The number of rotatable bonds is 4. The van der Waals surface area contributed by atoms with E-state index in [0.29, 0.717) is 25.5 Å². The van der Waals surface area contributed by atoms with Crippen LogP contribution in [0.2, 0.25) is 0 Å². The Labute approximate surface area is 171 Å². The van der Waals surface area contributed by atoms with Gasteiger partial charge in [-0.15, -0.1) is 11.3 Å². The van der Waals surface area contributed by atoms with Gasteiger partial charge >= 0.3 is 0 Å². The highest BCUT2D eigenvalue weighted by Gasteiger charge is 2.41. The fourth-order valence-corrected chi connectivity index (χ4v) is 4.68. The monoisotopic (exact) mass is 411 g/mol. The maximum Gasteiger partial charge on any atom is 0.249 e. The lowest BCUT2D eigenvalue weighted by atomic mass is 10.0. The number of fused-ring (bicyclic) bond motifs is 1. The third-order valence-electron chi connectivity index (χ3n) is 5.52. The van der Waals surface area contributed by atoms with Crippen molar-refractivity contribution in [1.29, 1.82) is 0 Å². The Morgan fingerprint density at radius 1 is 1.34 bits per heavy atom. The number of ether oxygens (including phenoxy) is 1. The molecular formula is C19H21N7O2S. The van der Waals surface area contributed by atoms with Crippen LogP contribution in [0.3, 0.4) is 0 Å². The number of H-pyrrole nitrogens is 1. The van der Waals surface area contributed by atoms with Gasteiger partial charge in [0, 0.05) is 25.2 Å². The van der Waals surface area contributed by atoms with Crippen molar-refractivity contribution in [1.82, 2.24) is 25.1 Å². The second-order valence-electron chi connectivity index (χ2n) is 7.14. The van der Waals surface area contributed by atoms with Gasteiger partial charge in [-0.2, -0.15) is 5.10 Å². The first-order chi connectivity index (χ1) is 14.2. The number of hydrogen-bond donors (Lipinski definition) is 1. The summed E-state index contributed by atoms with van der Waals surface area (Å²) in [5.41, 5.74) is 2.30. The van der Waals surface area contributed by atoms with Crippen LogP contribution >= 0.6 is 11.3 Å². The molecule has 0 radical (unpaired) electrons. The van der Waals surface area contributed by atoms with Crippen molar-refractivity contribution < 1.29 is 9.53 Å². The molecule has 10 heteroatoms. The van der Waals surface area contributed by atoms with Crippen LogP contribution in [0, 0.1) is 0 Å². The first kappa shape index (κ1) is 18.2. The van der Waals surface area contributed by atoms with Crippen LogP contribution in [0.25, 0.3) is 22.1 Å². The van der Waals surface area contributed by atoms with Crippen molar-refractivity contribution in [2.45, 2.75) is 31.8 Å². The average Bonchev–Trinajstić information content (AvgIpc) is 3.51. The van der Waals surface area contributed by atoms with E-state index >= 15 is 0 Å². The smallest absolute Gasteiger partial charge is 0.249 e. The summed E-state index contributed by atoms with van der Waals surface area (Å²) in [6.07, 6.45) is 6.78. The van der Waals surface area contributed by atoms with Crippen molar-refractivity contribution in [3.63, 3.8) is 0 Å². The Kier molecular flexibility index (Phi) is 4.51. The summed E-state index contributed by atoms with van der Waals surface area (Å²) in [6, 6.07) is -0.133. The molecule has 1 fully saturated rings. The molecule has 29 heavy (non-hydrogen) atoms. The summed E-state index contributed by atoms with van der Waals surface area (Å²) in [5, 5.41) is 9.94. The molecule has 5 rings (SSSR count). The Morgan fingerprint density at radius 3 is 2.97 bits per heavy atom. The number of hydrogen-bond acceptors (Lipinski definition) is 8. The van der Waals surface area contributed by atoms with Gasteiger partial charge in [0.2, 0.25) is 5.91 Å². The number of nitrogens with zero attached hydrogens (tertiary/aromatic N) is 6. The van der Waals surface area contributed by atoms with Crippen molar-refractivity contribution in [2.24, 2.45) is 0 Å². The SMILES string of the molecule is CC[C@@H]1C(=O)N(C)c2cnc(-c3cn[nH]c3-c3nccs3)nc2N1C1CCOC1. The second kappa shape index (κ2) is 7.20. The molecule has 1 saturated heterocycles. The number of aromatic amines is 1. The van der Waals surface area contributed by atoms with Crippen molar-refractivity contribution in [3.8, 4) is 22.1 Å². The predicted molar refractivity (Wildman–Crippen MR) is 110 cm³/mol. The maximum absolute atomic E-state index is 13.0. The topological polar surface area (TPSA) is 100 Å². The molecule has 0 aromatic carbocycles. The van der Waals surface area contributed by atoms with Gasteiger partial charge in [-0.25, -0.2) is 15.0 Å². The Morgan fingerprint density at radius 2 is 2.24 bits per heavy atom. The number of amides is 1. The Balaban J connectivity index is 1.64. The molecule has 1 unspecified atom stereocenters. The molecular weight excluding hydrogens is 390 g/mol. The predicted octanol–water partition coefficient (Wildman–Crippen LogP) is 2.34. The first-order valence-corrected chi connectivity index (χ1v) is 10.5. The Bertz CT molecular complexity index is 1030. The van der Waals surface area contributed by atoms with Gasteiger partial charge in [-0.3, -0.25) is 9.89 Å². The zero-order chi connectivity index (χ0) is 20.0. The van der Waals surface area contributed by atoms with Crippen LogP contribution in [0.4, 0.5) is 11.5 Å². The fraction of sp³-hybridized carbons (Fsp3) is 0.421. The maximum atomic E-state index is 13.0. The molecule has 0 saturated carbocycles. The van der Waals surface area contributed by atoms with Crippen molar-refractivity contribution >= 4 is 28.7 Å². The highest BCUT2D eigenvalue weighted by Crippen LogP contribution is 2.39. The van der Waals surface area contributed by atoms with Crippen LogP contribution in [-0.4, -0.2) is 63.4 Å². The van der Waals surface area contributed by atoms with E-state index in [1.807, 2.05) is 12.3 Å². The molecule has 3 aromatic heterocycles. The lowest BCUT2D eigenvalue weighted by Gasteiger charge is -2.43. The number of aromatic nitrogens is 5. The van der Waals surface area contributed by atoms with Gasteiger partial charge in [0.25, 0.3) is 0 Å². The normalized spacial score (nSPS) is 21.7. The van der Waals surface area contributed by atoms with E-state index in [1.165, 1.54) is 11.3 Å². The van der Waals surface area contributed by atoms with Crippen LogP contribution < -0.4 is 9.80 Å². The summed E-state index contributed by atoms with van der Waals surface area (Å²) in [5.74, 6) is 1.39. The van der Waals surface area contributed by atoms with Crippen molar-refractivity contribution in [3.05, 3.63) is 24.0 Å². The zero-order valence-corrected chi connectivity index (χ0v) is 17.0. The van der Waals surface area contributed by atoms with Gasteiger partial charge < -0.3 is 14.5 Å². The number of thiazole rings is 1. The van der Waals surface area contributed by atoms with Gasteiger partial charge in [-0.1, -0.05) is 6.92 Å². The number of carbonyl (C=O) groups excluding carboxylic acids is 1. The quantitative estimate of drug-likeness (QED) is 0.703. The van der Waals surface area contributed by atoms with Crippen molar-refractivity contribution in [2.75, 3.05) is 30.1 Å². The van der Waals surface area contributed by atoms with E-state index < -0.39 is 0 Å². The van der Waals surface area contributed by atoms with Gasteiger partial charge in [-0.05, 0) is 12.8 Å². The lowest BCUT2D eigenvalue weighted by Crippen LogP contribution is -2.56. The minimum atomic E-state index is -0.260. The number of carbonyl (C=O) groups is 1. The molecule has 0 bridgehead atoms. The van der Waals surface area contributed by atoms with Crippen LogP contribution in [-0.2, 0) is 9.53 Å². The molecule has 0 spiro atoms. The largest absolute Gasteiger partial charge is 0.379 e. The standard InChI is InChI=1S/C19H21N7O2S/c1-3-13-19(27)25(2)14-9-21-16(23-17(14)26(13)11-4-6-28-10-11)12-8-22-24-15(12)18-20-5-7-29-18/h5,7-9,11,13H,3-4,6,10H2,1-2H3,(H,22,24)/t11?,13-/m1/s1. The highest BCUT2D eigenvalue weighted by atomic mass is 32.1. The fourth-order valence-electron chi connectivity index (χ4n) is 4.04. The van der Waals surface area contributed by atoms with E-state index in [0.717, 1.165) is 34.2 Å². The van der Waals surface area contributed by atoms with Gasteiger partial charge in [0.05, 0.1) is 30.6 Å². The summed E-state index contributed by atoms with van der Waals surface area (Å²) < 4.78 is 5.62. The molecule has 9 nitrogen and oxygen atoms in total. The molecule has 150 valence electrons. The average molecular weight is 411 g/mol. The molecule has 2 aliphatic rings. The molecule has 2 atom stereocenters. The summed E-state index contributed by atoms with van der Waals surface area (Å²) in [6.45, 7) is 3.33. The van der Waals surface area contributed by atoms with E-state index in [-0.39, 0.29) is 18.0 Å². The van der Waals surface area contributed by atoms with E-state index in [1.54, 1.807) is 30.5 Å². The molecule has 5 heterocycles. The third-order valence-corrected chi connectivity index (χ3v) is 6.31. The van der Waals surface area contributed by atoms with Gasteiger partial charge in [0.1, 0.15) is 22.4 Å². The van der Waals surface area contributed by atoms with E-state index in [9.17, 15) is 4.79 Å². The second-order valence-corrected chi connectivity index (χ2v) is 8.04. The Hall–Kier alpha value is -2.85. The summed E-state index contributed by atoms with van der Waals surface area (Å²) >= 11 is 1.53. The highest BCUT2D eigenvalue weighted by molar-refractivity contribution is 7.13. The molecule has 1 N–H and O–H groups in total. The van der Waals surface area contributed by atoms with Gasteiger partial charge in [0.15, 0.2) is 11.6 Å². The third kappa shape index (κ3) is 2.90. The molecule has 2 aliphatic heterocycles. The van der Waals surface area contributed by atoms with Crippen LogP contribution in [0.15, 0.2) is 24.0 Å². The van der Waals surface area contributed by atoms with E-state index in [4.69, 9.17) is 9.72 Å². The summed E-state index contributed by atoms with van der Waals surface area (Å²) in [7, 11) is 1.79. The number of likely N-dealkylation sites (N-methyl/N-ethyl adjacent to an activating group) is 1. The lowest BCUT2D eigenvalue weighted by molar-refractivity contribution is -0.120. The molecule has 1 amide bonds. The van der Waals surface area contributed by atoms with Crippen LogP contribution in [0.1, 0.15) is 19.8 Å². The molecule has 0 aliphatic carbocycles. The summed E-state index contributed by atoms with van der Waals surface area (Å²) in [4.78, 5) is 30.6. The first-order valence-electron chi connectivity index (χ1n) is 9.63. The molecule has 3 aromatic rings. The minimum absolute atomic E-state index is 0.0648. The van der Waals surface area contributed by atoms with Crippen LogP contribution in [0.5, 0.6) is 0 Å². The zero-order valence-electron chi connectivity index (χ0n) is 16.2. The minimum Gasteiger partial charge on any atom is -0.379 e. The number of nitrogens with one attached hydrogen (secondary N) is 1.